The number of unbranched alkanes of at least 4 members (excludes halogenated alkanes) is 2. The van der Waals surface area contributed by atoms with Gasteiger partial charge in [-0.05, 0) is 18.6 Å². The van der Waals surface area contributed by atoms with Gasteiger partial charge in [0.2, 0.25) is 0 Å². The van der Waals surface area contributed by atoms with Crippen LogP contribution in [0.3, 0.4) is 0 Å². The first-order valence-electron chi connectivity index (χ1n) is 5.11. The molecule has 0 radical (unpaired) electrons. The molecule has 1 unspecified atom stereocenters. The second-order valence-corrected chi connectivity index (χ2v) is 3.50. The maximum atomic E-state index is 12.6. The van der Waals surface area contributed by atoms with Gasteiger partial charge in [0.1, 0.15) is 5.82 Å². The normalized spacial score (nSPS) is 12.8. The monoisotopic (exact) mass is 196 g/mol. The van der Waals surface area contributed by atoms with Gasteiger partial charge in [0.05, 0.1) is 11.9 Å². The number of nitrogens with zero attached hydrogens (tertiary/aromatic N) is 1. The van der Waals surface area contributed by atoms with Crippen molar-refractivity contribution >= 4 is 0 Å². The van der Waals surface area contributed by atoms with Crippen molar-refractivity contribution in [1.82, 2.24) is 4.98 Å². The first-order chi connectivity index (χ1) is 6.74. The van der Waals surface area contributed by atoms with Gasteiger partial charge in [-0.1, -0.05) is 26.2 Å². The van der Waals surface area contributed by atoms with Crippen molar-refractivity contribution in [2.45, 2.75) is 38.6 Å². The lowest BCUT2D eigenvalue weighted by Gasteiger charge is -2.09. The van der Waals surface area contributed by atoms with Crippen LogP contribution >= 0.6 is 0 Å². The molecule has 0 aliphatic rings. The van der Waals surface area contributed by atoms with Crippen LogP contribution in [0.15, 0.2) is 18.3 Å². The van der Waals surface area contributed by atoms with E-state index in [0.29, 0.717) is 0 Å². The van der Waals surface area contributed by atoms with Crippen molar-refractivity contribution in [2.75, 3.05) is 0 Å². The van der Waals surface area contributed by atoms with E-state index in [1.807, 2.05) is 0 Å². The maximum absolute atomic E-state index is 12.6. The number of rotatable bonds is 5. The van der Waals surface area contributed by atoms with Crippen LogP contribution in [0, 0.1) is 5.82 Å². The zero-order valence-electron chi connectivity index (χ0n) is 8.54. The van der Waals surface area contributed by atoms with Crippen LogP contribution in [-0.4, -0.2) is 4.98 Å². The smallest absolute Gasteiger partial charge is 0.141 e. The number of pyridine rings is 1. The van der Waals surface area contributed by atoms with Gasteiger partial charge in [0.25, 0.3) is 0 Å². The Hall–Kier alpha value is -0.960. The molecule has 78 valence electrons. The molecule has 0 saturated carbocycles. The SMILES string of the molecule is CCCCCC(N)c1ccc(F)cn1. The Kier molecular flexibility index (Phi) is 4.53. The van der Waals surface area contributed by atoms with E-state index in [1.54, 1.807) is 6.07 Å². The highest BCUT2D eigenvalue weighted by molar-refractivity contribution is 5.08. The van der Waals surface area contributed by atoms with E-state index in [2.05, 4.69) is 11.9 Å². The second kappa shape index (κ2) is 5.70. The van der Waals surface area contributed by atoms with Crippen LogP contribution in [0.25, 0.3) is 0 Å². The third kappa shape index (κ3) is 3.42. The predicted octanol–water partition coefficient (Wildman–Crippen LogP) is 2.80. The molecule has 14 heavy (non-hydrogen) atoms. The summed E-state index contributed by atoms with van der Waals surface area (Å²) in [7, 11) is 0. The molecule has 0 bridgehead atoms. The summed E-state index contributed by atoms with van der Waals surface area (Å²) in [4.78, 5) is 3.96. The summed E-state index contributed by atoms with van der Waals surface area (Å²) in [5, 5.41) is 0. The van der Waals surface area contributed by atoms with E-state index in [9.17, 15) is 4.39 Å². The van der Waals surface area contributed by atoms with Gasteiger partial charge in [-0.3, -0.25) is 4.98 Å². The Morgan fingerprint density at radius 3 is 2.79 bits per heavy atom. The van der Waals surface area contributed by atoms with Gasteiger partial charge in [-0.25, -0.2) is 4.39 Å². The first-order valence-corrected chi connectivity index (χ1v) is 5.11. The van der Waals surface area contributed by atoms with Crippen molar-refractivity contribution in [3.8, 4) is 0 Å². The first kappa shape index (κ1) is 11.1. The van der Waals surface area contributed by atoms with Crippen LogP contribution in [0.2, 0.25) is 0 Å². The van der Waals surface area contributed by atoms with E-state index < -0.39 is 0 Å². The van der Waals surface area contributed by atoms with Crippen LogP contribution in [-0.2, 0) is 0 Å². The molecule has 2 N–H and O–H groups in total. The molecular formula is C11H17FN2. The number of nitrogens with two attached hydrogens (primary N) is 1. The van der Waals surface area contributed by atoms with Crippen molar-refractivity contribution in [3.63, 3.8) is 0 Å². The Bertz CT molecular complexity index is 258. The van der Waals surface area contributed by atoms with Gasteiger partial charge < -0.3 is 5.73 Å². The average Bonchev–Trinajstić information content (AvgIpc) is 2.19. The predicted molar refractivity (Wildman–Crippen MR) is 55.3 cm³/mol. The second-order valence-electron chi connectivity index (χ2n) is 3.50. The standard InChI is InChI=1S/C11H17FN2/c1-2-3-4-5-10(13)11-7-6-9(12)8-14-11/h6-8,10H,2-5,13H2,1H3. The lowest BCUT2D eigenvalue weighted by molar-refractivity contribution is 0.564. The van der Waals surface area contributed by atoms with Crippen molar-refractivity contribution in [3.05, 3.63) is 29.8 Å². The number of hydrogen-bond acceptors (Lipinski definition) is 2. The van der Waals surface area contributed by atoms with Crippen molar-refractivity contribution in [1.29, 1.82) is 0 Å². The number of aromatic nitrogens is 1. The average molecular weight is 196 g/mol. The zero-order valence-corrected chi connectivity index (χ0v) is 8.54. The largest absolute Gasteiger partial charge is 0.323 e. The lowest BCUT2D eigenvalue weighted by atomic mass is 10.1. The van der Waals surface area contributed by atoms with Gasteiger partial charge in [0, 0.05) is 6.04 Å². The molecule has 0 aromatic carbocycles. The summed E-state index contributed by atoms with van der Waals surface area (Å²) in [5.41, 5.74) is 6.68. The minimum atomic E-state index is -0.311. The molecule has 0 spiro atoms. The summed E-state index contributed by atoms with van der Waals surface area (Å²) in [6.45, 7) is 2.15. The molecule has 1 aromatic rings. The molecule has 2 nitrogen and oxygen atoms in total. The Labute approximate surface area is 84.3 Å². The van der Waals surface area contributed by atoms with Crippen LogP contribution in [0.4, 0.5) is 4.39 Å². The molecule has 1 aromatic heterocycles. The molecular weight excluding hydrogens is 179 g/mol. The highest BCUT2D eigenvalue weighted by Crippen LogP contribution is 2.15. The summed E-state index contributed by atoms with van der Waals surface area (Å²) in [6, 6.07) is 3.01. The van der Waals surface area contributed by atoms with Gasteiger partial charge in [0.15, 0.2) is 0 Å². The zero-order chi connectivity index (χ0) is 10.4. The van der Waals surface area contributed by atoms with Crippen LogP contribution in [0.1, 0.15) is 44.3 Å². The molecule has 0 aliphatic heterocycles. The maximum Gasteiger partial charge on any atom is 0.141 e. The quantitative estimate of drug-likeness (QED) is 0.735. The molecule has 1 heterocycles. The van der Waals surface area contributed by atoms with Crippen LogP contribution < -0.4 is 5.73 Å². The third-order valence-corrected chi connectivity index (χ3v) is 2.25. The topological polar surface area (TPSA) is 38.9 Å². The molecule has 3 heteroatoms. The molecule has 0 fully saturated rings. The molecule has 0 amide bonds. The fourth-order valence-electron chi connectivity index (χ4n) is 1.37. The van der Waals surface area contributed by atoms with Gasteiger partial charge >= 0.3 is 0 Å². The minimum Gasteiger partial charge on any atom is -0.323 e. The fraction of sp³-hybridized carbons (Fsp3) is 0.545. The van der Waals surface area contributed by atoms with Gasteiger partial charge in [-0.2, -0.15) is 0 Å². The van der Waals surface area contributed by atoms with Crippen LogP contribution in [0.5, 0.6) is 0 Å². The van der Waals surface area contributed by atoms with E-state index in [0.717, 1.165) is 18.5 Å². The Morgan fingerprint density at radius 1 is 1.43 bits per heavy atom. The third-order valence-electron chi connectivity index (χ3n) is 2.25. The summed E-state index contributed by atoms with van der Waals surface area (Å²) in [5.74, 6) is -0.311. The van der Waals surface area contributed by atoms with E-state index >= 15 is 0 Å². The lowest BCUT2D eigenvalue weighted by Crippen LogP contribution is -2.11. The van der Waals surface area contributed by atoms with Gasteiger partial charge in [-0.15, -0.1) is 0 Å². The van der Waals surface area contributed by atoms with E-state index in [1.165, 1.54) is 25.1 Å². The van der Waals surface area contributed by atoms with E-state index in [-0.39, 0.29) is 11.9 Å². The molecule has 1 rings (SSSR count). The van der Waals surface area contributed by atoms with E-state index in [4.69, 9.17) is 5.73 Å². The fourth-order valence-corrected chi connectivity index (χ4v) is 1.37. The molecule has 0 aliphatic carbocycles. The highest BCUT2D eigenvalue weighted by Gasteiger charge is 2.06. The Balaban J connectivity index is 2.43. The molecule has 1 atom stereocenters. The molecule has 0 saturated heterocycles. The van der Waals surface area contributed by atoms with Crippen molar-refractivity contribution < 1.29 is 4.39 Å². The highest BCUT2D eigenvalue weighted by atomic mass is 19.1. The summed E-state index contributed by atoms with van der Waals surface area (Å²) >= 11 is 0. The number of halogens is 1. The summed E-state index contributed by atoms with van der Waals surface area (Å²) in [6.07, 6.45) is 5.62. The van der Waals surface area contributed by atoms with Crippen molar-refractivity contribution in [2.24, 2.45) is 5.73 Å². The number of hydrogen-bond donors (Lipinski definition) is 1. The minimum absolute atomic E-state index is 0.0536. The Morgan fingerprint density at radius 2 is 2.21 bits per heavy atom. The summed E-state index contributed by atoms with van der Waals surface area (Å²) < 4.78 is 12.6.